The molecule has 0 spiro atoms. The predicted molar refractivity (Wildman–Crippen MR) is 140 cm³/mol. The summed E-state index contributed by atoms with van der Waals surface area (Å²) in [6, 6.07) is 8.73. The molecule has 2 aromatic carbocycles. The van der Waals surface area contributed by atoms with Gasteiger partial charge in [-0.3, -0.25) is 10.1 Å². The highest BCUT2D eigenvalue weighted by Crippen LogP contribution is 2.53. The molecule has 2 aromatic rings. The number of nitriles is 1. The molecule has 1 aliphatic heterocycles. The quantitative estimate of drug-likeness (QED) is 0.393. The number of halogens is 4. The lowest BCUT2D eigenvalue weighted by Crippen LogP contribution is -2.46. The number of esters is 1. The van der Waals surface area contributed by atoms with E-state index in [9.17, 15) is 10.1 Å². The molecule has 4 unspecified atom stereocenters. The van der Waals surface area contributed by atoms with Crippen LogP contribution in [0.1, 0.15) is 58.1 Å². The first kappa shape index (κ1) is 29.3. The minimum absolute atomic E-state index is 0.000510. The predicted octanol–water partition coefficient (Wildman–Crippen LogP) is 6.56. The van der Waals surface area contributed by atoms with Crippen molar-refractivity contribution < 1.29 is 23.0 Å². The Bertz CT molecular complexity index is 1210. The zero-order chi connectivity index (χ0) is 27.8. The number of ether oxygens (including phenoxy) is 2. The van der Waals surface area contributed by atoms with E-state index in [1.165, 1.54) is 30.3 Å². The van der Waals surface area contributed by atoms with Crippen molar-refractivity contribution >= 4 is 29.2 Å². The smallest absolute Gasteiger partial charge is 0.324 e. The van der Waals surface area contributed by atoms with E-state index in [4.69, 9.17) is 32.7 Å². The Morgan fingerprint density at radius 1 is 1.16 bits per heavy atom. The number of nitrogens with one attached hydrogen (secondary N) is 1. The van der Waals surface area contributed by atoms with Gasteiger partial charge in [0.15, 0.2) is 0 Å². The Morgan fingerprint density at radius 2 is 1.84 bits per heavy atom. The van der Waals surface area contributed by atoms with Crippen LogP contribution >= 0.6 is 23.2 Å². The Labute approximate surface area is 227 Å². The van der Waals surface area contributed by atoms with E-state index < -0.39 is 52.0 Å². The molecule has 0 amide bonds. The van der Waals surface area contributed by atoms with Crippen molar-refractivity contribution in [3.63, 3.8) is 0 Å². The van der Waals surface area contributed by atoms with Crippen LogP contribution in [0.2, 0.25) is 10.0 Å². The number of methoxy groups -OCH3 is 1. The van der Waals surface area contributed by atoms with Crippen LogP contribution in [-0.2, 0) is 19.7 Å². The SMILES string of the molecule is COCC(C)(C)CC1NC(C(=O)OC(C)(C)C)C(c2cccc(Cl)c2F)C1(C#N)c1ccc(Cl)cc1F. The highest BCUT2D eigenvalue weighted by atomic mass is 35.5. The summed E-state index contributed by atoms with van der Waals surface area (Å²) >= 11 is 12.2. The fraction of sp³-hybridized carbons (Fsp3) is 0.500. The Kier molecular flexibility index (Phi) is 8.61. The van der Waals surface area contributed by atoms with Gasteiger partial charge in [0, 0.05) is 29.7 Å². The highest BCUT2D eigenvalue weighted by Gasteiger charge is 2.62. The van der Waals surface area contributed by atoms with E-state index in [1.54, 1.807) is 27.9 Å². The monoisotopic (exact) mass is 552 g/mol. The third-order valence-electron chi connectivity index (χ3n) is 6.59. The minimum Gasteiger partial charge on any atom is -0.459 e. The average molecular weight is 553 g/mol. The van der Waals surface area contributed by atoms with Crippen molar-refractivity contribution in [2.24, 2.45) is 5.41 Å². The molecule has 1 heterocycles. The summed E-state index contributed by atoms with van der Waals surface area (Å²) in [5.41, 5.74) is -3.06. The number of carbonyl (C=O) groups is 1. The molecule has 1 aliphatic rings. The molecule has 1 fully saturated rings. The lowest BCUT2D eigenvalue weighted by atomic mass is 9.62. The van der Waals surface area contributed by atoms with Crippen molar-refractivity contribution in [1.82, 2.24) is 5.32 Å². The van der Waals surface area contributed by atoms with Crippen LogP contribution < -0.4 is 5.32 Å². The fourth-order valence-electron chi connectivity index (χ4n) is 5.29. The summed E-state index contributed by atoms with van der Waals surface area (Å²) in [7, 11) is 1.56. The van der Waals surface area contributed by atoms with Crippen LogP contribution in [-0.4, -0.2) is 37.4 Å². The molecule has 0 saturated carbocycles. The van der Waals surface area contributed by atoms with Gasteiger partial charge in [0.1, 0.15) is 28.7 Å². The minimum atomic E-state index is -1.73. The molecule has 200 valence electrons. The lowest BCUT2D eigenvalue weighted by Gasteiger charge is -2.38. The van der Waals surface area contributed by atoms with Crippen molar-refractivity contribution in [3.8, 4) is 6.07 Å². The summed E-state index contributed by atoms with van der Waals surface area (Å²) in [5, 5.41) is 14.1. The molecule has 1 saturated heterocycles. The summed E-state index contributed by atoms with van der Waals surface area (Å²) in [4.78, 5) is 13.6. The van der Waals surface area contributed by atoms with Gasteiger partial charge in [-0.25, -0.2) is 8.78 Å². The first-order chi connectivity index (χ1) is 17.2. The Balaban J connectivity index is 2.36. The van der Waals surface area contributed by atoms with Gasteiger partial charge >= 0.3 is 5.97 Å². The van der Waals surface area contributed by atoms with Crippen molar-refractivity contribution in [3.05, 3.63) is 69.2 Å². The van der Waals surface area contributed by atoms with Crippen LogP contribution in [0.15, 0.2) is 36.4 Å². The molecule has 0 aromatic heterocycles. The largest absolute Gasteiger partial charge is 0.459 e. The molecule has 3 rings (SSSR count). The lowest BCUT2D eigenvalue weighted by molar-refractivity contribution is -0.157. The van der Waals surface area contributed by atoms with E-state index >= 15 is 8.78 Å². The average Bonchev–Trinajstić information content (AvgIpc) is 3.08. The van der Waals surface area contributed by atoms with Crippen molar-refractivity contribution in [2.45, 2.75) is 70.1 Å². The van der Waals surface area contributed by atoms with Crippen LogP contribution in [0.25, 0.3) is 0 Å². The molecule has 5 nitrogen and oxygen atoms in total. The van der Waals surface area contributed by atoms with Gasteiger partial charge in [0.2, 0.25) is 0 Å². The second-order valence-corrected chi connectivity index (χ2v) is 12.1. The van der Waals surface area contributed by atoms with E-state index in [2.05, 4.69) is 11.4 Å². The number of benzene rings is 2. The Morgan fingerprint density at radius 3 is 2.41 bits per heavy atom. The summed E-state index contributed by atoms with van der Waals surface area (Å²) < 4.78 is 42.3. The van der Waals surface area contributed by atoms with Crippen molar-refractivity contribution in [2.75, 3.05) is 13.7 Å². The normalized spacial score (nSPS) is 24.1. The van der Waals surface area contributed by atoms with Crippen molar-refractivity contribution in [1.29, 1.82) is 5.26 Å². The van der Waals surface area contributed by atoms with Crippen LogP contribution in [0.5, 0.6) is 0 Å². The van der Waals surface area contributed by atoms with Gasteiger partial charge < -0.3 is 9.47 Å². The van der Waals surface area contributed by atoms with E-state index in [-0.39, 0.29) is 21.2 Å². The number of hydrogen-bond donors (Lipinski definition) is 1. The van der Waals surface area contributed by atoms with Crippen LogP contribution in [0.3, 0.4) is 0 Å². The fourth-order valence-corrected chi connectivity index (χ4v) is 5.63. The maximum Gasteiger partial charge on any atom is 0.324 e. The maximum absolute atomic E-state index is 15.6. The first-order valence-corrected chi connectivity index (χ1v) is 12.7. The molecule has 0 radical (unpaired) electrons. The molecule has 1 N–H and O–H groups in total. The zero-order valence-electron chi connectivity index (χ0n) is 21.8. The van der Waals surface area contributed by atoms with Crippen LogP contribution in [0, 0.1) is 28.4 Å². The van der Waals surface area contributed by atoms with E-state index in [0.717, 1.165) is 6.07 Å². The number of carbonyl (C=O) groups excluding carboxylic acids is 1. The Hall–Kier alpha value is -2.24. The maximum atomic E-state index is 15.6. The topological polar surface area (TPSA) is 71.3 Å². The second kappa shape index (κ2) is 10.9. The summed E-state index contributed by atoms with van der Waals surface area (Å²) in [6.07, 6.45) is 0.300. The third kappa shape index (κ3) is 5.93. The van der Waals surface area contributed by atoms with Gasteiger partial charge in [-0.15, -0.1) is 0 Å². The molecule has 0 bridgehead atoms. The molecule has 0 aliphatic carbocycles. The zero-order valence-corrected chi connectivity index (χ0v) is 23.3. The second-order valence-electron chi connectivity index (χ2n) is 11.3. The molecular formula is C28H32Cl2F2N2O3. The third-order valence-corrected chi connectivity index (χ3v) is 7.11. The van der Waals surface area contributed by atoms with Gasteiger partial charge in [-0.1, -0.05) is 55.2 Å². The first-order valence-electron chi connectivity index (χ1n) is 12.0. The number of nitrogens with zero attached hydrogens (tertiary/aromatic N) is 1. The number of hydrogen-bond acceptors (Lipinski definition) is 5. The van der Waals surface area contributed by atoms with E-state index in [1.807, 2.05) is 13.8 Å². The summed E-state index contributed by atoms with van der Waals surface area (Å²) in [6.45, 7) is 9.35. The van der Waals surface area contributed by atoms with Gasteiger partial charge in [0.25, 0.3) is 0 Å². The molecule has 4 atom stereocenters. The summed E-state index contributed by atoms with van der Waals surface area (Å²) in [5.74, 6) is -3.37. The highest BCUT2D eigenvalue weighted by molar-refractivity contribution is 6.31. The molecular weight excluding hydrogens is 521 g/mol. The van der Waals surface area contributed by atoms with E-state index in [0.29, 0.717) is 13.0 Å². The van der Waals surface area contributed by atoms with Gasteiger partial charge in [-0.2, -0.15) is 5.26 Å². The standard InChI is InChI=1S/C28H32Cl2F2N2O3/c1-26(2,3)37-25(35)24-22(17-8-7-9-19(30)23(17)32)28(14-33,18-11-10-16(29)12-20(18)31)21(34-24)13-27(4,5)15-36-6/h7-12,21-22,24,34H,13,15H2,1-6H3. The van der Waals surface area contributed by atoms with Crippen LogP contribution in [0.4, 0.5) is 8.78 Å². The molecule has 9 heteroatoms. The number of rotatable bonds is 7. The van der Waals surface area contributed by atoms with Gasteiger partial charge in [0.05, 0.1) is 17.7 Å². The van der Waals surface area contributed by atoms with Gasteiger partial charge in [-0.05, 0) is 56.4 Å². The molecule has 37 heavy (non-hydrogen) atoms.